The fourth-order valence-electron chi connectivity index (χ4n) is 3.28. The summed E-state index contributed by atoms with van der Waals surface area (Å²) in [6, 6.07) is 0. The summed E-state index contributed by atoms with van der Waals surface area (Å²) in [4.78, 5) is 0. The third-order valence-corrected chi connectivity index (χ3v) is 8.90. The maximum absolute atomic E-state index is 6.80. The Morgan fingerprint density at radius 2 is 1.04 bits per heavy atom. The Morgan fingerprint density at radius 3 is 1.39 bits per heavy atom. The summed E-state index contributed by atoms with van der Waals surface area (Å²) in [7, 11) is 0. The van der Waals surface area contributed by atoms with E-state index in [1.807, 2.05) is 6.08 Å². The molecule has 0 radical (unpaired) electrons. The second-order valence-corrected chi connectivity index (χ2v) is 17.6. The number of unbranched alkanes of at least 4 members (excludes halogenated alkanes) is 13. The molecule has 0 aromatic rings. The molecule has 23 heavy (non-hydrogen) atoms. The topological polar surface area (TPSA) is 0 Å². The minimum Gasteiger partial charge on any atom is -0.0654 e. The van der Waals surface area contributed by atoms with Crippen LogP contribution in [0.25, 0.3) is 0 Å². The summed E-state index contributed by atoms with van der Waals surface area (Å²) in [5.74, 6) is -1.92. The van der Waals surface area contributed by atoms with Crippen LogP contribution < -0.4 is 0 Å². The van der Waals surface area contributed by atoms with Gasteiger partial charge >= 0.3 is 126 Å². The molecule has 0 bridgehead atoms. The Bertz CT molecular complexity index is 277. The van der Waals surface area contributed by atoms with Crippen molar-refractivity contribution in [2.75, 3.05) is 25.7 Å². The predicted molar refractivity (Wildman–Crippen MR) is 115 cm³/mol. The zero-order valence-corrected chi connectivity index (χ0v) is 18.1. The summed E-state index contributed by atoms with van der Waals surface area (Å²) in [5.41, 5.74) is 0. The van der Waals surface area contributed by atoms with Gasteiger partial charge in [-0.05, 0) is 0 Å². The zero-order chi connectivity index (χ0) is 17.5. The van der Waals surface area contributed by atoms with Crippen molar-refractivity contribution in [2.24, 2.45) is 0 Å². The SMILES string of the molecule is C=CCP(C)(C)(Cl)CCCCCCCCCCCCCCCC. The summed E-state index contributed by atoms with van der Waals surface area (Å²) in [6.07, 6.45) is 24.1. The van der Waals surface area contributed by atoms with Gasteiger partial charge in [-0.1, -0.05) is 26.2 Å². The van der Waals surface area contributed by atoms with E-state index in [1.54, 1.807) is 0 Å². The minimum atomic E-state index is -1.92. The second-order valence-electron chi connectivity index (χ2n) is 8.30. The molecule has 0 saturated carbocycles. The molecule has 0 heterocycles. The van der Waals surface area contributed by atoms with Crippen molar-refractivity contribution in [1.29, 1.82) is 0 Å². The Kier molecular flexibility index (Phi) is 14.0. The van der Waals surface area contributed by atoms with E-state index in [-0.39, 0.29) is 0 Å². The van der Waals surface area contributed by atoms with Gasteiger partial charge in [-0.15, -0.1) is 0 Å². The van der Waals surface area contributed by atoms with Crippen LogP contribution in [-0.4, -0.2) is 25.7 Å². The quantitative estimate of drug-likeness (QED) is 0.138. The van der Waals surface area contributed by atoms with E-state index >= 15 is 0 Å². The molecule has 0 aliphatic carbocycles. The Hall–Kier alpha value is 0.460. The van der Waals surface area contributed by atoms with Gasteiger partial charge in [0, 0.05) is 0 Å². The van der Waals surface area contributed by atoms with E-state index in [1.165, 1.54) is 96.1 Å². The van der Waals surface area contributed by atoms with Gasteiger partial charge in [0.1, 0.15) is 0 Å². The second kappa shape index (κ2) is 13.7. The van der Waals surface area contributed by atoms with E-state index in [0.29, 0.717) is 0 Å². The molecule has 2 heteroatoms. The van der Waals surface area contributed by atoms with Gasteiger partial charge in [0.2, 0.25) is 0 Å². The monoisotopic (exact) mass is 362 g/mol. The molecule has 0 fully saturated rings. The van der Waals surface area contributed by atoms with E-state index in [4.69, 9.17) is 11.2 Å². The van der Waals surface area contributed by atoms with Gasteiger partial charge in [0.05, 0.1) is 0 Å². The van der Waals surface area contributed by atoms with E-state index < -0.39 is 5.96 Å². The standard InChI is InChI=1S/C21H44ClP/c1-5-7-8-9-10-11-12-13-14-15-16-17-18-19-21-23(3,4,22)20-6-2/h6H,2,5,7-21H2,1,3-4H3. The molecule has 0 N–H and O–H groups in total. The molecule has 0 amide bonds. The van der Waals surface area contributed by atoms with Gasteiger partial charge in [-0.2, -0.15) is 0 Å². The molecule has 0 rings (SSSR count). The van der Waals surface area contributed by atoms with Gasteiger partial charge in [-0.25, -0.2) is 0 Å². The molecule has 0 unspecified atom stereocenters. The molecule has 0 aromatic heterocycles. The van der Waals surface area contributed by atoms with Gasteiger partial charge < -0.3 is 0 Å². The van der Waals surface area contributed by atoms with Crippen molar-refractivity contribution >= 4 is 17.2 Å². The summed E-state index contributed by atoms with van der Waals surface area (Å²) >= 11 is 6.80. The third-order valence-electron chi connectivity index (χ3n) is 4.89. The van der Waals surface area contributed by atoms with Crippen LogP contribution in [0.5, 0.6) is 0 Å². The smallest absolute Gasteiger partial charge is 0.0654 e. The Balaban J connectivity index is 3.27. The molecule has 0 nitrogen and oxygen atoms in total. The summed E-state index contributed by atoms with van der Waals surface area (Å²) in [6.45, 7) is 10.7. The van der Waals surface area contributed by atoms with E-state index in [9.17, 15) is 0 Å². The molecule has 0 aliphatic rings. The first-order valence-corrected chi connectivity index (χ1v) is 14.6. The molecular formula is C21H44ClP. The van der Waals surface area contributed by atoms with Crippen LogP contribution in [0.15, 0.2) is 12.7 Å². The predicted octanol–water partition coefficient (Wildman–Crippen LogP) is 8.62. The van der Waals surface area contributed by atoms with Crippen molar-refractivity contribution in [3.63, 3.8) is 0 Å². The molecular weight excluding hydrogens is 319 g/mol. The fourth-order valence-corrected chi connectivity index (χ4v) is 6.11. The third kappa shape index (κ3) is 17.1. The van der Waals surface area contributed by atoms with Crippen LogP contribution >= 0.6 is 17.2 Å². The van der Waals surface area contributed by atoms with Crippen LogP contribution in [0.1, 0.15) is 96.8 Å². The van der Waals surface area contributed by atoms with Crippen LogP contribution in [-0.2, 0) is 0 Å². The van der Waals surface area contributed by atoms with Crippen molar-refractivity contribution in [3.8, 4) is 0 Å². The number of halogens is 1. The molecule has 0 spiro atoms. The average molecular weight is 363 g/mol. The normalized spacial score (nSPS) is 13.7. The first kappa shape index (κ1) is 23.5. The van der Waals surface area contributed by atoms with Gasteiger partial charge in [0.25, 0.3) is 0 Å². The molecule has 0 aromatic carbocycles. The van der Waals surface area contributed by atoms with E-state index in [0.717, 1.165) is 6.16 Å². The van der Waals surface area contributed by atoms with Crippen LogP contribution in [0.3, 0.4) is 0 Å². The minimum absolute atomic E-state index is 1.02. The number of allylic oxidation sites excluding steroid dienone is 1. The first-order valence-electron chi connectivity index (χ1n) is 10.2. The summed E-state index contributed by atoms with van der Waals surface area (Å²) in [5, 5.41) is 0. The number of hydrogen-bond donors (Lipinski definition) is 0. The van der Waals surface area contributed by atoms with Crippen LogP contribution in [0.4, 0.5) is 0 Å². The van der Waals surface area contributed by atoms with Gasteiger partial charge in [-0.3, -0.25) is 0 Å². The van der Waals surface area contributed by atoms with Crippen LogP contribution in [0, 0.1) is 0 Å². The average Bonchev–Trinajstić information content (AvgIpc) is 2.47. The Morgan fingerprint density at radius 1 is 0.696 bits per heavy atom. The first-order chi connectivity index (χ1) is 10.9. The Labute approximate surface area is 152 Å². The molecule has 140 valence electrons. The van der Waals surface area contributed by atoms with Crippen molar-refractivity contribution in [3.05, 3.63) is 12.7 Å². The number of rotatable bonds is 17. The molecule has 0 saturated heterocycles. The van der Waals surface area contributed by atoms with Crippen molar-refractivity contribution in [2.45, 2.75) is 96.8 Å². The fraction of sp³-hybridized carbons (Fsp3) is 0.905. The van der Waals surface area contributed by atoms with Gasteiger partial charge in [0.15, 0.2) is 0 Å². The number of hydrogen-bond acceptors (Lipinski definition) is 0. The van der Waals surface area contributed by atoms with Crippen molar-refractivity contribution in [1.82, 2.24) is 0 Å². The maximum atomic E-state index is 6.80. The molecule has 0 aliphatic heterocycles. The summed E-state index contributed by atoms with van der Waals surface area (Å²) < 4.78 is 0. The zero-order valence-electron chi connectivity index (χ0n) is 16.4. The van der Waals surface area contributed by atoms with E-state index in [2.05, 4.69) is 26.8 Å². The molecule has 0 atom stereocenters. The van der Waals surface area contributed by atoms with Crippen molar-refractivity contribution < 1.29 is 0 Å². The van der Waals surface area contributed by atoms with Crippen LogP contribution in [0.2, 0.25) is 0 Å².